The first-order valence-electron chi connectivity index (χ1n) is 2.73. The van der Waals surface area contributed by atoms with E-state index in [0.29, 0.717) is 0 Å². The number of hydrogen-bond donors (Lipinski definition) is 0. The minimum atomic E-state index is -3.98. The highest BCUT2D eigenvalue weighted by Gasteiger charge is 2.44. The molecule has 1 fully saturated rings. The van der Waals surface area contributed by atoms with Crippen molar-refractivity contribution >= 4 is 0 Å². The van der Waals surface area contributed by atoms with Crippen LogP contribution < -0.4 is 0 Å². The summed E-state index contributed by atoms with van der Waals surface area (Å²) in [5.41, 5.74) is 0.720. The summed E-state index contributed by atoms with van der Waals surface area (Å²) >= 11 is 0. The molecule has 1 aliphatic rings. The van der Waals surface area contributed by atoms with Crippen molar-refractivity contribution in [2.24, 2.45) is 5.92 Å². The largest absolute Gasteiger partial charge is 0.392 e. The van der Waals surface area contributed by atoms with Crippen molar-refractivity contribution < 1.29 is 13.2 Å². The van der Waals surface area contributed by atoms with Gasteiger partial charge in [0, 0.05) is 0 Å². The molecule has 0 radical (unpaired) electrons. The molecule has 0 amide bonds. The van der Waals surface area contributed by atoms with Crippen LogP contribution in [0.15, 0.2) is 12.2 Å². The lowest BCUT2D eigenvalue weighted by Gasteiger charge is -2.29. The first-order valence-corrected chi connectivity index (χ1v) is 2.73. The highest BCUT2D eigenvalue weighted by molar-refractivity contribution is 5.09. The molecular weight excluding hydrogens is 129 g/mol. The van der Waals surface area contributed by atoms with E-state index >= 15 is 0 Å². The van der Waals surface area contributed by atoms with Gasteiger partial charge in [0.15, 0.2) is 0 Å². The van der Waals surface area contributed by atoms with E-state index in [9.17, 15) is 13.2 Å². The second kappa shape index (κ2) is 1.75. The van der Waals surface area contributed by atoms with Crippen molar-refractivity contribution in [3.63, 3.8) is 0 Å². The molecular formula is C6H7F3. The van der Waals surface area contributed by atoms with E-state index < -0.39 is 12.1 Å². The van der Waals surface area contributed by atoms with Gasteiger partial charge in [-0.25, -0.2) is 0 Å². The van der Waals surface area contributed by atoms with Gasteiger partial charge in [-0.15, -0.1) is 0 Å². The zero-order valence-electron chi connectivity index (χ0n) is 4.83. The van der Waals surface area contributed by atoms with Crippen molar-refractivity contribution in [2.45, 2.75) is 19.0 Å². The zero-order valence-corrected chi connectivity index (χ0v) is 4.83. The summed E-state index contributed by atoms with van der Waals surface area (Å²) in [5, 5.41) is 0. The average Bonchev–Trinajstić information content (AvgIpc) is 1.55. The Bertz CT molecular complexity index is 126. The van der Waals surface area contributed by atoms with E-state index in [1.165, 1.54) is 0 Å². The molecule has 0 aliphatic heterocycles. The monoisotopic (exact) mass is 136 g/mol. The molecule has 0 nitrogen and oxygen atoms in total. The standard InChI is InChI=1S/C6H7F3/c1-4-2-5(3-4)6(7,8)9/h5H,1-3H2. The Morgan fingerprint density at radius 3 is 1.89 bits per heavy atom. The molecule has 1 rings (SSSR count). The van der Waals surface area contributed by atoms with Crippen molar-refractivity contribution in [1.29, 1.82) is 0 Å². The Morgan fingerprint density at radius 2 is 1.78 bits per heavy atom. The molecule has 0 atom stereocenters. The van der Waals surface area contributed by atoms with Gasteiger partial charge in [-0.1, -0.05) is 12.2 Å². The predicted octanol–water partition coefficient (Wildman–Crippen LogP) is 2.51. The van der Waals surface area contributed by atoms with E-state index in [0.717, 1.165) is 5.57 Å². The van der Waals surface area contributed by atoms with Crippen LogP contribution in [0.3, 0.4) is 0 Å². The van der Waals surface area contributed by atoms with E-state index in [2.05, 4.69) is 6.58 Å². The van der Waals surface area contributed by atoms with Gasteiger partial charge < -0.3 is 0 Å². The highest BCUT2D eigenvalue weighted by atomic mass is 19.4. The molecule has 52 valence electrons. The molecule has 9 heavy (non-hydrogen) atoms. The summed E-state index contributed by atoms with van der Waals surface area (Å²) in [6.45, 7) is 3.42. The second-order valence-corrected chi connectivity index (χ2v) is 2.40. The maximum Gasteiger partial charge on any atom is 0.392 e. The topological polar surface area (TPSA) is 0 Å². The first-order chi connectivity index (χ1) is 4.00. The van der Waals surface area contributed by atoms with Gasteiger partial charge in [0.1, 0.15) is 0 Å². The van der Waals surface area contributed by atoms with E-state index in [1.54, 1.807) is 0 Å². The fourth-order valence-electron chi connectivity index (χ4n) is 0.869. The van der Waals surface area contributed by atoms with Crippen LogP contribution in [0, 0.1) is 5.92 Å². The van der Waals surface area contributed by atoms with Gasteiger partial charge in [-0.2, -0.15) is 13.2 Å². The maximum absolute atomic E-state index is 11.6. The molecule has 3 heteroatoms. The molecule has 0 aromatic heterocycles. The van der Waals surface area contributed by atoms with Gasteiger partial charge in [0.2, 0.25) is 0 Å². The highest BCUT2D eigenvalue weighted by Crippen LogP contribution is 2.43. The van der Waals surface area contributed by atoms with Gasteiger partial charge in [0.25, 0.3) is 0 Å². The molecule has 0 saturated heterocycles. The number of alkyl halides is 3. The SMILES string of the molecule is C=C1CC(C(F)(F)F)C1. The molecule has 0 spiro atoms. The second-order valence-electron chi connectivity index (χ2n) is 2.40. The Balaban J connectivity index is 2.40. The molecule has 0 unspecified atom stereocenters. The van der Waals surface area contributed by atoms with Crippen LogP contribution in [0.5, 0.6) is 0 Å². The number of halogens is 3. The molecule has 0 aromatic carbocycles. The van der Waals surface area contributed by atoms with Gasteiger partial charge in [-0.05, 0) is 12.8 Å². The van der Waals surface area contributed by atoms with E-state index in [1.807, 2.05) is 0 Å². The van der Waals surface area contributed by atoms with Crippen molar-refractivity contribution in [2.75, 3.05) is 0 Å². The van der Waals surface area contributed by atoms with Crippen LogP contribution in [0.4, 0.5) is 13.2 Å². The minimum Gasteiger partial charge on any atom is -0.171 e. The molecule has 0 aromatic rings. The minimum absolute atomic E-state index is 0.142. The molecule has 1 aliphatic carbocycles. The summed E-state index contributed by atoms with van der Waals surface area (Å²) in [7, 11) is 0. The summed E-state index contributed by atoms with van der Waals surface area (Å²) in [5.74, 6) is -1.09. The number of hydrogen-bond acceptors (Lipinski definition) is 0. The lowest BCUT2D eigenvalue weighted by Crippen LogP contribution is -2.30. The number of rotatable bonds is 0. The smallest absolute Gasteiger partial charge is 0.171 e. The van der Waals surface area contributed by atoms with Gasteiger partial charge >= 0.3 is 6.18 Å². The Hall–Kier alpha value is -0.470. The van der Waals surface area contributed by atoms with Crippen LogP contribution in [0.2, 0.25) is 0 Å². The average molecular weight is 136 g/mol. The predicted molar refractivity (Wildman–Crippen MR) is 27.9 cm³/mol. The molecule has 0 N–H and O–H groups in total. The zero-order chi connectivity index (χ0) is 7.07. The Kier molecular flexibility index (Phi) is 1.30. The molecule has 0 bridgehead atoms. The van der Waals surface area contributed by atoms with Crippen LogP contribution in [-0.2, 0) is 0 Å². The Labute approximate surface area is 51.4 Å². The summed E-state index contributed by atoms with van der Waals surface area (Å²) in [6, 6.07) is 0. The third-order valence-corrected chi connectivity index (χ3v) is 1.53. The van der Waals surface area contributed by atoms with E-state index in [-0.39, 0.29) is 12.8 Å². The fraction of sp³-hybridized carbons (Fsp3) is 0.667. The quantitative estimate of drug-likeness (QED) is 0.449. The van der Waals surface area contributed by atoms with Crippen LogP contribution >= 0.6 is 0 Å². The number of allylic oxidation sites excluding steroid dienone is 1. The van der Waals surface area contributed by atoms with Crippen molar-refractivity contribution in [1.82, 2.24) is 0 Å². The molecule has 1 saturated carbocycles. The Morgan fingerprint density at radius 1 is 1.33 bits per heavy atom. The third-order valence-electron chi connectivity index (χ3n) is 1.53. The van der Waals surface area contributed by atoms with Crippen LogP contribution in [0.25, 0.3) is 0 Å². The van der Waals surface area contributed by atoms with Gasteiger partial charge in [-0.3, -0.25) is 0 Å². The first kappa shape index (κ1) is 6.65. The summed E-state index contributed by atoms with van der Waals surface area (Å²) < 4.78 is 34.9. The lowest BCUT2D eigenvalue weighted by molar-refractivity contribution is -0.183. The fourth-order valence-corrected chi connectivity index (χ4v) is 0.869. The summed E-state index contributed by atoms with van der Waals surface area (Å²) in [6.07, 6.45) is -3.70. The van der Waals surface area contributed by atoms with E-state index in [4.69, 9.17) is 0 Å². The summed E-state index contributed by atoms with van der Waals surface area (Å²) in [4.78, 5) is 0. The van der Waals surface area contributed by atoms with Crippen LogP contribution in [0.1, 0.15) is 12.8 Å². The van der Waals surface area contributed by atoms with Crippen molar-refractivity contribution in [3.05, 3.63) is 12.2 Å². The normalized spacial score (nSPS) is 21.9. The third kappa shape index (κ3) is 1.26. The maximum atomic E-state index is 11.6. The molecule has 0 heterocycles. The lowest BCUT2D eigenvalue weighted by atomic mass is 9.81. The van der Waals surface area contributed by atoms with Gasteiger partial charge in [0.05, 0.1) is 5.92 Å². The van der Waals surface area contributed by atoms with Crippen LogP contribution in [-0.4, -0.2) is 6.18 Å². The van der Waals surface area contributed by atoms with Crippen molar-refractivity contribution in [3.8, 4) is 0 Å².